The Morgan fingerprint density at radius 1 is 0.304 bits per heavy atom. The number of phosphoric acid groups is 4. The molecule has 23 heteroatoms. The standard InChI is InChI=1S/4H3O4P.3Pu/c4*1-5(2,3)4;;;/h4*(H3,1,2,3,4);;;/p-12. The summed E-state index contributed by atoms with van der Waals surface area (Å²) in [6, 6.07) is 0. The second-order valence-corrected chi connectivity index (χ2v) is 5.37. The first-order valence-electron chi connectivity index (χ1n) is 2.92. The van der Waals surface area contributed by atoms with Crippen molar-refractivity contribution in [3.8, 4) is 0 Å². The van der Waals surface area contributed by atoms with Crippen molar-refractivity contribution in [3.63, 3.8) is 0 Å². The average molecular weight is 1110 g/mol. The Bertz CT molecular complexity index is 292. The average Bonchev–Trinajstić information content (AvgIpc) is 1.62. The van der Waals surface area contributed by atoms with Crippen molar-refractivity contribution in [3.05, 3.63) is 0 Å². The molecular formula is O16P4Pu3-12. The van der Waals surface area contributed by atoms with Crippen molar-refractivity contribution in [1.29, 1.82) is 0 Å². The van der Waals surface area contributed by atoms with E-state index in [-0.39, 0.29) is 87.5 Å². The second kappa shape index (κ2) is 20.1. The molecule has 0 aromatic rings. The molecule has 0 unspecified atom stereocenters. The van der Waals surface area contributed by atoms with Crippen molar-refractivity contribution < 1.29 is 165 Å². The van der Waals surface area contributed by atoms with Crippen molar-refractivity contribution in [2.75, 3.05) is 0 Å². The van der Waals surface area contributed by atoms with E-state index >= 15 is 0 Å². The SMILES string of the molecule is O=P([O-])([O-])[O-].O=P([O-])([O-])[O-].O=P([O-])([O-])[O-].O=P([O-])([O-])[O-].[Pu].[Pu].[Pu]. The third kappa shape index (κ3) is 1200. The molecule has 0 rings (SSSR count). The molecule has 0 saturated heterocycles. The maximum absolute atomic E-state index is 8.55. The van der Waals surface area contributed by atoms with Gasteiger partial charge < -0.3 is 77.0 Å². The van der Waals surface area contributed by atoms with Gasteiger partial charge in [-0.05, 0) is 0 Å². The fourth-order valence-corrected chi connectivity index (χ4v) is 0. The zero-order valence-electron chi connectivity index (χ0n) is 9.55. The molecule has 0 spiro atoms. The first kappa shape index (κ1) is 45.3. The van der Waals surface area contributed by atoms with Crippen molar-refractivity contribution in [2.24, 2.45) is 0 Å². The summed E-state index contributed by atoms with van der Waals surface area (Å²) in [4.78, 5) is 103. The van der Waals surface area contributed by atoms with E-state index in [2.05, 4.69) is 0 Å². The number of hydrogen-bond donors (Lipinski definition) is 0. The molecule has 0 heterocycles. The van der Waals surface area contributed by atoms with Crippen molar-refractivity contribution in [2.45, 2.75) is 0 Å². The van der Waals surface area contributed by atoms with Crippen LogP contribution in [0.4, 0.5) is 0 Å². The van der Waals surface area contributed by atoms with E-state index in [4.69, 9.17) is 77.0 Å². The molecule has 23 heavy (non-hydrogen) atoms. The summed E-state index contributed by atoms with van der Waals surface area (Å²) in [7, 11) is -21.6. The monoisotopic (exact) mass is 1090 g/mol. The van der Waals surface area contributed by atoms with Crippen LogP contribution in [0.2, 0.25) is 0 Å². The summed E-state index contributed by atoms with van der Waals surface area (Å²) >= 11 is 0. The summed E-state index contributed by atoms with van der Waals surface area (Å²) in [5.41, 5.74) is 0. The van der Waals surface area contributed by atoms with Gasteiger partial charge in [0.05, 0.1) is 0 Å². The minimum absolute atomic E-state index is 0. The van der Waals surface area contributed by atoms with E-state index in [0.29, 0.717) is 0 Å². The molecular weight excluding hydrogens is 1110 g/mol. The molecule has 0 N–H and O–H groups in total. The van der Waals surface area contributed by atoms with Crippen LogP contribution >= 0.6 is 31.3 Å². The minimum Gasteiger partial charge on any atom is -0.822 e. The summed E-state index contributed by atoms with van der Waals surface area (Å²) in [5.74, 6) is 0. The molecule has 0 saturated carbocycles. The van der Waals surface area contributed by atoms with Gasteiger partial charge in [-0.15, -0.1) is 0 Å². The minimum atomic E-state index is -5.39. The van der Waals surface area contributed by atoms with Crippen molar-refractivity contribution >= 4 is 31.3 Å². The molecule has 0 aliphatic rings. The van der Waals surface area contributed by atoms with Gasteiger partial charge in [0.1, 0.15) is 0 Å². The van der Waals surface area contributed by atoms with Gasteiger partial charge in [-0.2, -0.15) is 31.3 Å². The third-order valence-corrected chi connectivity index (χ3v) is 0. The van der Waals surface area contributed by atoms with Gasteiger partial charge in [-0.25, -0.2) is 0 Å². The largest absolute Gasteiger partial charge is 0.822 e. The molecule has 16 nitrogen and oxygen atoms in total. The van der Waals surface area contributed by atoms with Crippen molar-refractivity contribution in [1.82, 2.24) is 0 Å². The molecule has 0 amide bonds. The fourth-order valence-electron chi connectivity index (χ4n) is 0. The molecule has 0 aromatic heterocycles. The summed E-state index contributed by atoms with van der Waals surface area (Å²) in [6.45, 7) is 0. The van der Waals surface area contributed by atoms with Crippen LogP contribution in [-0.4, -0.2) is 0 Å². The summed E-state index contributed by atoms with van der Waals surface area (Å²) in [6.07, 6.45) is 0. The Kier molecular flexibility index (Phi) is 39.6. The Labute approximate surface area is 193 Å². The second-order valence-electron chi connectivity index (χ2n) is 1.79. The summed E-state index contributed by atoms with van der Waals surface area (Å²) < 4.78 is 34.2. The molecule has 0 bridgehead atoms. The van der Waals surface area contributed by atoms with Crippen LogP contribution in [0.3, 0.4) is 0 Å². The zero-order chi connectivity index (χ0) is 18.0. The van der Waals surface area contributed by atoms with Crippen LogP contribution < -0.4 is 58.7 Å². The predicted octanol–water partition coefficient (Wildman–Crippen LogP) is -11.3. The number of hydrogen-bond acceptors (Lipinski definition) is 16. The first-order chi connectivity index (χ1) is 8.00. The molecule has 146 valence electrons. The predicted molar refractivity (Wildman–Crippen MR) is 30.4 cm³/mol. The van der Waals surface area contributed by atoms with E-state index in [1.165, 1.54) is 0 Å². The Morgan fingerprint density at radius 3 is 0.304 bits per heavy atom. The van der Waals surface area contributed by atoms with E-state index in [0.717, 1.165) is 0 Å². The first-order valence-corrected chi connectivity index (χ1v) is 8.76. The van der Waals surface area contributed by atoms with E-state index in [1.54, 1.807) is 0 Å². The van der Waals surface area contributed by atoms with E-state index < -0.39 is 31.3 Å². The van der Waals surface area contributed by atoms with Crippen LogP contribution in [-0.2, 0) is 18.3 Å². The molecule has 0 atom stereocenters. The van der Waals surface area contributed by atoms with Crippen LogP contribution in [0.1, 0.15) is 0 Å². The topological polar surface area (TPSA) is 345 Å². The quantitative estimate of drug-likeness (QED) is 0.203. The smallest absolute Gasteiger partial charge is 0 e. The van der Waals surface area contributed by atoms with E-state index in [9.17, 15) is 0 Å². The van der Waals surface area contributed by atoms with Gasteiger partial charge in [-0.3, -0.25) is 0 Å². The fraction of sp³-hybridized carbons (Fsp3) is 0. The van der Waals surface area contributed by atoms with Crippen LogP contribution in [0.5, 0.6) is 0 Å². The Balaban J connectivity index is -0.0000000284. The molecule has 0 aliphatic carbocycles. The maximum atomic E-state index is 8.55. The summed E-state index contributed by atoms with van der Waals surface area (Å²) in [5, 5.41) is 0. The van der Waals surface area contributed by atoms with Gasteiger partial charge in [0.25, 0.3) is 0 Å². The zero-order valence-corrected chi connectivity index (χ0v) is 23.3. The van der Waals surface area contributed by atoms with E-state index in [1.807, 2.05) is 0 Å². The van der Waals surface area contributed by atoms with Gasteiger partial charge in [0, 0.05) is 87.5 Å². The maximum Gasteiger partial charge on any atom is 0 e. The number of rotatable bonds is 0. The van der Waals surface area contributed by atoms with Gasteiger partial charge in [-0.1, -0.05) is 0 Å². The van der Waals surface area contributed by atoms with Gasteiger partial charge in [0.15, 0.2) is 0 Å². The third-order valence-electron chi connectivity index (χ3n) is 0. The Morgan fingerprint density at radius 2 is 0.304 bits per heavy atom. The van der Waals surface area contributed by atoms with Crippen LogP contribution in [0, 0.1) is 87.5 Å². The molecule has 0 fully saturated rings. The van der Waals surface area contributed by atoms with Gasteiger partial charge >= 0.3 is 0 Å². The molecule has 0 aliphatic heterocycles. The Hall–Kier alpha value is 3.40. The van der Waals surface area contributed by atoms with Gasteiger partial charge in [0.2, 0.25) is 0 Å². The van der Waals surface area contributed by atoms with Crippen LogP contribution in [0.15, 0.2) is 0 Å². The van der Waals surface area contributed by atoms with Crippen LogP contribution in [0.25, 0.3) is 0 Å². The molecule has 0 radical (unpaired) electrons. The normalized spacial score (nSPS) is 10.3. The molecule has 0 aromatic carbocycles.